The third-order valence-electron chi connectivity index (χ3n) is 3.36. The zero-order valence-corrected chi connectivity index (χ0v) is 12.1. The SMILES string of the molecule is CCNC(=O)c1ccc(N)cc1NCC(CC)CC. The van der Waals surface area contributed by atoms with Gasteiger partial charge in [-0.1, -0.05) is 26.7 Å². The molecule has 0 aromatic heterocycles. The monoisotopic (exact) mass is 263 g/mol. The number of hydrogen-bond acceptors (Lipinski definition) is 3. The molecule has 0 atom stereocenters. The molecule has 0 saturated heterocycles. The number of nitrogen functional groups attached to an aromatic ring is 1. The van der Waals surface area contributed by atoms with E-state index in [1.54, 1.807) is 12.1 Å². The predicted octanol–water partition coefficient (Wildman–Crippen LogP) is 2.87. The lowest BCUT2D eigenvalue weighted by Gasteiger charge is -2.17. The highest BCUT2D eigenvalue weighted by Crippen LogP contribution is 2.20. The van der Waals surface area contributed by atoms with Crippen molar-refractivity contribution in [1.82, 2.24) is 5.32 Å². The van der Waals surface area contributed by atoms with Crippen LogP contribution < -0.4 is 16.4 Å². The molecule has 4 N–H and O–H groups in total. The summed E-state index contributed by atoms with van der Waals surface area (Å²) in [6.07, 6.45) is 2.25. The molecule has 19 heavy (non-hydrogen) atoms. The Hall–Kier alpha value is -1.71. The van der Waals surface area contributed by atoms with Crippen LogP contribution in [-0.2, 0) is 0 Å². The highest BCUT2D eigenvalue weighted by Gasteiger charge is 2.12. The first-order chi connectivity index (χ1) is 9.12. The summed E-state index contributed by atoms with van der Waals surface area (Å²) >= 11 is 0. The van der Waals surface area contributed by atoms with Gasteiger partial charge in [-0.3, -0.25) is 4.79 Å². The molecular weight excluding hydrogens is 238 g/mol. The number of carbonyl (C=O) groups excluding carboxylic acids is 1. The van der Waals surface area contributed by atoms with Crippen LogP contribution in [0.5, 0.6) is 0 Å². The Morgan fingerprint density at radius 1 is 1.26 bits per heavy atom. The first kappa shape index (κ1) is 15.3. The summed E-state index contributed by atoms with van der Waals surface area (Å²) in [5, 5.41) is 6.17. The molecule has 4 heteroatoms. The van der Waals surface area contributed by atoms with E-state index in [4.69, 9.17) is 5.73 Å². The van der Waals surface area contributed by atoms with Crippen molar-refractivity contribution in [3.8, 4) is 0 Å². The second kappa shape index (κ2) is 7.67. The molecule has 0 saturated carbocycles. The Labute approximate surface area is 115 Å². The Bertz CT molecular complexity index is 414. The Kier molecular flexibility index (Phi) is 6.19. The van der Waals surface area contributed by atoms with E-state index in [0.717, 1.165) is 25.1 Å². The molecule has 0 fully saturated rings. The number of anilines is 2. The van der Waals surface area contributed by atoms with Crippen LogP contribution in [0.4, 0.5) is 11.4 Å². The number of carbonyl (C=O) groups is 1. The van der Waals surface area contributed by atoms with Crippen LogP contribution in [-0.4, -0.2) is 19.0 Å². The highest BCUT2D eigenvalue weighted by molar-refractivity contribution is 6.00. The van der Waals surface area contributed by atoms with Gasteiger partial charge in [0, 0.05) is 24.5 Å². The van der Waals surface area contributed by atoms with Gasteiger partial charge in [0.25, 0.3) is 5.91 Å². The second-order valence-electron chi connectivity index (χ2n) is 4.73. The van der Waals surface area contributed by atoms with E-state index in [2.05, 4.69) is 24.5 Å². The minimum absolute atomic E-state index is 0.0606. The molecule has 0 spiro atoms. The van der Waals surface area contributed by atoms with Gasteiger partial charge in [-0.15, -0.1) is 0 Å². The zero-order chi connectivity index (χ0) is 14.3. The van der Waals surface area contributed by atoms with Gasteiger partial charge < -0.3 is 16.4 Å². The molecule has 0 radical (unpaired) electrons. The Balaban J connectivity index is 2.85. The normalized spacial score (nSPS) is 10.5. The molecule has 1 rings (SSSR count). The molecule has 0 aliphatic carbocycles. The van der Waals surface area contributed by atoms with E-state index in [0.29, 0.717) is 23.7 Å². The molecule has 0 bridgehead atoms. The molecule has 1 aromatic rings. The molecule has 0 aliphatic heterocycles. The van der Waals surface area contributed by atoms with Gasteiger partial charge in [-0.05, 0) is 31.0 Å². The van der Waals surface area contributed by atoms with Crippen molar-refractivity contribution in [3.05, 3.63) is 23.8 Å². The second-order valence-corrected chi connectivity index (χ2v) is 4.73. The average Bonchev–Trinajstić information content (AvgIpc) is 2.40. The fourth-order valence-corrected chi connectivity index (χ4v) is 1.99. The molecule has 0 heterocycles. The Morgan fingerprint density at radius 2 is 1.95 bits per heavy atom. The third-order valence-corrected chi connectivity index (χ3v) is 3.36. The number of benzene rings is 1. The smallest absolute Gasteiger partial charge is 0.253 e. The summed E-state index contributed by atoms with van der Waals surface area (Å²) in [7, 11) is 0. The van der Waals surface area contributed by atoms with Crippen molar-refractivity contribution in [2.24, 2.45) is 5.92 Å². The molecule has 1 aromatic carbocycles. The number of amides is 1. The highest BCUT2D eigenvalue weighted by atomic mass is 16.1. The van der Waals surface area contributed by atoms with Crippen molar-refractivity contribution >= 4 is 17.3 Å². The topological polar surface area (TPSA) is 67.2 Å². The fourth-order valence-electron chi connectivity index (χ4n) is 1.99. The maximum absolute atomic E-state index is 12.0. The maximum atomic E-state index is 12.0. The predicted molar refractivity (Wildman–Crippen MR) is 81.4 cm³/mol. The van der Waals surface area contributed by atoms with Crippen molar-refractivity contribution in [2.75, 3.05) is 24.1 Å². The Morgan fingerprint density at radius 3 is 2.53 bits per heavy atom. The largest absolute Gasteiger partial charge is 0.399 e. The van der Waals surface area contributed by atoms with Crippen molar-refractivity contribution in [3.63, 3.8) is 0 Å². The van der Waals surface area contributed by atoms with Crippen LogP contribution >= 0.6 is 0 Å². The van der Waals surface area contributed by atoms with Gasteiger partial charge in [-0.2, -0.15) is 0 Å². The zero-order valence-electron chi connectivity index (χ0n) is 12.1. The van der Waals surface area contributed by atoms with Crippen LogP contribution in [0, 0.1) is 5.92 Å². The van der Waals surface area contributed by atoms with E-state index in [1.807, 2.05) is 13.0 Å². The number of rotatable bonds is 7. The summed E-state index contributed by atoms with van der Waals surface area (Å²) < 4.78 is 0. The number of hydrogen-bond donors (Lipinski definition) is 3. The van der Waals surface area contributed by atoms with Crippen LogP contribution in [0.25, 0.3) is 0 Å². The van der Waals surface area contributed by atoms with Crippen LogP contribution in [0.1, 0.15) is 44.0 Å². The van der Waals surface area contributed by atoms with E-state index < -0.39 is 0 Å². The standard InChI is InChI=1S/C15H25N3O/c1-4-11(5-2)10-18-14-9-12(16)7-8-13(14)15(19)17-6-3/h7-9,11,18H,4-6,10,16H2,1-3H3,(H,17,19). The van der Waals surface area contributed by atoms with Gasteiger partial charge in [0.15, 0.2) is 0 Å². The molecule has 0 aliphatic rings. The van der Waals surface area contributed by atoms with Crippen LogP contribution in [0.15, 0.2) is 18.2 Å². The average molecular weight is 263 g/mol. The van der Waals surface area contributed by atoms with Crippen molar-refractivity contribution in [1.29, 1.82) is 0 Å². The summed E-state index contributed by atoms with van der Waals surface area (Å²) in [5.74, 6) is 0.554. The van der Waals surface area contributed by atoms with Gasteiger partial charge in [0.1, 0.15) is 0 Å². The van der Waals surface area contributed by atoms with E-state index in [-0.39, 0.29) is 5.91 Å². The van der Waals surface area contributed by atoms with Crippen LogP contribution in [0.3, 0.4) is 0 Å². The van der Waals surface area contributed by atoms with Crippen molar-refractivity contribution in [2.45, 2.75) is 33.6 Å². The molecular formula is C15H25N3O. The molecule has 106 valence electrons. The number of nitrogens with one attached hydrogen (secondary N) is 2. The lowest BCUT2D eigenvalue weighted by molar-refractivity contribution is 0.0956. The van der Waals surface area contributed by atoms with Gasteiger partial charge in [-0.25, -0.2) is 0 Å². The summed E-state index contributed by atoms with van der Waals surface area (Å²) in [6, 6.07) is 5.36. The minimum atomic E-state index is -0.0606. The number of nitrogens with two attached hydrogens (primary N) is 1. The van der Waals surface area contributed by atoms with Gasteiger partial charge in [0.05, 0.1) is 5.56 Å². The quantitative estimate of drug-likeness (QED) is 0.663. The van der Waals surface area contributed by atoms with Crippen LogP contribution in [0.2, 0.25) is 0 Å². The van der Waals surface area contributed by atoms with Crippen molar-refractivity contribution < 1.29 is 4.79 Å². The third kappa shape index (κ3) is 4.47. The van der Waals surface area contributed by atoms with E-state index in [9.17, 15) is 4.79 Å². The summed E-state index contributed by atoms with van der Waals surface area (Å²) in [6.45, 7) is 7.75. The van der Waals surface area contributed by atoms with E-state index >= 15 is 0 Å². The van der Waals surface area contributed by atoms with E-state index in [1.165, 1.54) is 0 Å². The first-order valence-electron chi connectivity index (χ1n) is 7.03. The molecule has 4 nitrogen and oxygen atoms in total. The first-order valence-corrected chi connectivity index (χ1v) is 7.03. The lowest BCUT2D eigenvalue weighted by atomic mass is 10.0. The summed E-state index contributed by atoms with van der Waals surface area (Å²) in [4.78, 5) is 12.0. The van der Waals surface area contributed by atoms with Gasteiger partial charge >= 0.3 is 0 Å². The molecule has 0 unspecified atom stereocenters. The van der Waals surface area contributed by atoms with Gasteiger partial charge in [0.2, 0.25) is 0 Å². The maximum Gasteiger partial charge on any atom is 0.253 e. The molecule has 1 amide bonds. The summed E-state index contributed by atoms with van der Waals surface area (Å²) in [5.41, 5.74) is 7.94. The lowest BCUT2D eigenvalue weighted by Crippen LogP contribution is -2.24. The fraction of sp³-hybridized carbons (Fsp3) is 0.533. The minimum Gasteiger partial charge on any atom is -0.399 e.